The molecule has 1 aliphatic carbocycles. The van der Waals surface area contributed by atoms with E-state index in [1.54, 1.807) is 0 Å². The summed E-state index contributed by atoms with van der Waals surface area (Å²) in [5, 5.41) is 12.4. The molecule has 0 bridgehead atoms. The monoisotopic (exact) mass is 260 g/mol. The first-order chi connectivity index (χ1) is 9.12. The Balaban J connectivity index is 1.75. The molecule has 0 radical (unpaired) electrons. The van der Waals surface area contributed by atoms with Crippen molar-refractivity contribution in [3.8, 4) is 0 Å². The smallest absolute Gasteiger partial charge is 0.228 e. The van der Waals surface area contributed by atoms with Crippen LogP contribution in [0.4, 0.5) is 11.4 Å². The van der Waals surface area contributed by atoms with Crippen LogP contribution < -0.4 is 10.2 Å². The van der Waals surface area contributed by atoms with Crippen molar-refractivity contribution >= 4 is 17.3 Å². The molecular formula is C15H20N2O2. The van der Waals surface area contributed by atoms with Gasteiger partial charge in [-0.3, -0.25) is 4.79 Å². The van der Waals surface area contributed by atoms with Crippen molar-refractivity contribution in [3.63, 3.8) is 0 Å². The molecule has 3 rings (SSSR count). The van der Waals surface area contributed by atoms with Gasteiger partial charge in [-0.25, -0.2) is 0 Å². The summed E-state index contributed by atoms with van der Waals surface area (Å²) >= 11 is 0. The number of hydrogen-bond acceptors (Lipinski definition) is 3. The second-order valence-electron chi connectivity index (χ2n) is 5.93. The molecule has 19 heavy (non-hydrogen) atoms. The maximum atomic E-state index is 11.4. The van der Waals surface area contributed by atoms with Crippen LogP contribution in [-0.4, -0.2) is 31.2 Å². The quantitative estimate of drug-likeness (QED) is 0.867. The predicted molar refractivity (Wildman–Crippen MR) is 75.4 cm³/mol. The van der Waals surface area contributed by atoms with Gasteiger partial charge in [-0.2, -0.15) is 0 Å². The van der Waals surface area contributed by atoms with Gasteiger partial charge in [0.1, 0.15) is 0 Å². The third-order valence-corrected chi connectivity index (χ3v) is 4.48. The summed E-state index contributed by atoms with van der Waals surface area (Å²) in [4.78, 5) is 13.5. The van der Waals surface area contributed by atoms with Gasteiger partial charge in [-0.15, -0.1) is 0 Å². The maximum Gasteiger partial charge on any atom is 0.228 e. The zero-order valence-electron chi connectivity index (χ0n) is 11.3. The minimum Gasteiger partial charge on any atom is -0.396 e. The van der Waals surface area contributed by atoms with Crippen LogP contribution in [0, 0.1) is 5.41 Å². The van der Waals surface area contributed by atoms with Crippen LogP contribution in [0.2, 0.25) is 0 Å². The summed E-state index contributed by atoms with van der Waals surface area (Å²) in [7, 11) is 2.06. The van der Waals surface area contributed by atoms with E-state index in [2.05, 4.69) is 23.3 Å². The summed E-state index contributed by atoms with van der Waals surface area (Å²) in [6, 6.07) is 6.09. The molecule has 2 N–H and O–H groups in total. The minimum atomic E-state index is 0.0700. The third-order valence-electron chi connectivity index (χ3n) is 4.48. The Morgan fingerprint density at radius 2 is 2.21 bits per heavy atom. The Hall–Kier alpha value is -1.55. The zero-order valence-corrected chi connectivity index (χ0v) is 11.3. The van der Waals surface area contributed by atoms with Crippen molar-refractivity contribution in [1.29, 1.82) is 0 Å². The Morgan fingerprint density at radius 1 is 1.42 bits per heavy atom. The van der Waals surface area contributed by atoms with Crippen LogP contribution in [-0.2, 0) is 11.2 Å². The minimum absolute atomic E-state index is 0.0700. The highest BCUT2D eigenvalue weighted by Gasteiger charge is 2.37. The lowest BCUT2D eigenvalue weighted by molar-refractivity contribution is -0.115. The van der Waals surface area contributed by atoms with Gasteiger partial charge in [0.05, 0.1) is 13.0 Å². The standard InChI is InChI=1S/C15H20N2O2/c1-17(9-15(10-18)5-2-6-15)12-3-4-13-11(7-12)8-14(19)16-13/h3-4,7,18H,2,5-6,8-10H2,1H3,(H,16,19). The Morgan fingerprint density at radius 3 is 2.84 bits per heavy atom. The molecule has 0 unspecified atom stereocenters. The third kappa shape index (κ3) is 2.21. The summed E-state index contributed by atoms with van der Waals surface area (Å²) in [5.41, 5.74) is 3.21. The second-order valence-corrected chi connectivity index (χ2v) is 5.93. The zero-order chi connectivity index (χ0) is 13.5. The average Bonchev–Trinajstić information content (AvgIpc) is 2.72. The molecule has 1 aromatic carbocycles. The lowest BCUT2D eigenvalue weighted by atomic mass is 9.69. The molecule has 1 heterocycles. The molecule has 1 aliphatic heterocycles. The average molecular weight is 260 g/mol. The van der Waals surface area contributed by atoms with E-state index in [1.807, 2.05) is 12.1 Å². The molecule has 4 heteroatoms. The van der Waals surface area contributed by atoms with Gasteiger partial charge in [0.25, 0.3) is 0 Å². The Bertz CT molecular complexity index is 503. The van der Waals surface area contributed by atoms with Crippen LogP contribution in [0.3, 0.4) is 0 Å². The fraction of sp³-hybridized carbons (Fsp3) is 0.533. The molecule has 1 saturated carbocycles. The molecule has 2 aliphatic rings. The summed E-state index contributed by atoms with van der Waals surface area (Å²) in [5.74, 6) is 0.0700. The van der Waals surface area contributed by atoms with E-state index in [0.717, 1.165) is 36.3 Å². The number of anilines is 2. The molecule has 0 spiro atoms. The number of nitrogens with zero attached hydrogens (tertiary/aromatic N) is 1. The van der Waals surface area contributed by atoms with Crippen LogP contribution in [0.25, 0.3) is 0 Å². The van der Waals surface area contributed by atoms with Crippen LogP contribution >= 0.6 is 0 Å². The van der Waals surface area contributed by atoms with Crippen molar-refractivity contribution in [2.75, 3.05) is 30.4 Å². The van der Waals surface area contributed by atoms with Crippen LogP contribution in [0.15, 0.2) is 18.2 Å². The number of amides is 1. The number of carbonyl (C=O) groups is 1. The SMILES string of the molecule is CN(CC1(CO)CCC1)c1ccc2c(c1)CC(=O)N2. The first kappa shape index (κ1) is 12.5. The lowest BCUT2D eigenvalue weighted by Crippen LogP contribution is -2.43. The van der Waals surface area contributed by atoms with Crippen LogP contribution in [0.1, 0.15) is 24.8 Å². The van der Waals surface area contributed by atoms with E-state index in [1.165, 1.54) is 6.42 Å². The number of carbonyl (C=O) groups excluding carboxylic acids is 1. The van der Waals surface area contributed by atoms with Gasteiger partial charge in [0.2, 0.25) is 5.91 Å². The number of benzene rings is 1. The van der Waals surface area contributed by atoms with Crippen molar-refractivity contribution in [1.82, 2.24) is 0 Å². The molecule has 0 aromatic heterocycles. The van der Waals surface area contributed by atoms with Crippen molar-refractivity contribution < 1.29 is 9.90 Å². The highest BCUT2D eigenvalue weighted by atomic mass is 16.3. The number of rotatable bonds is 4. The van der Waals surface area contributed by atoms with E-state index in [0.29, 0.717) is 6.42 Å². The van der Waals surface area contributed by atoms with Gasteiger partial charge in [-0.1, -0.05) is 6.42 Å². The Labute approximate surface area is 113 Å². The van der Waals surface area contributed by atoms with E-state index in [4.69, 9.17) is 0 Å². The van der Waals surface area contributed by atoms with Gasteiger partial charge in [-0.05, 0) is 36.6 Å². The molecule has 1 amide bonds. The first-order valence-corrected chi connectivity index (χ1v) is 6.87. The molecule has 1 aromatic rings. The molecule has 4 nitrogen and oxygen atoms in total. The van der Waals surface area contributed by atoms with Gasteiger partial charge < -0.3 is 15.3 Å². The van der Waals surface area contributed by atoms with Gasteiger partial charge in [0, 0.05) is 30.4 Å². The lowest BCUT2D eigenvalue weighted by Gasteiger charge is -2.43. The Kier molecular flexibility index (Phi) is 2.97. The second kappa shape index (κ2) is 4.53. The number of nitrogens with one attached hydrogen (secondary N) is 1. The summed E-state index contributed by atoms with van der Waals surface area (Å²) in [6.45, 7) is 1.14. The number of aliphatic hydroxyl groups excluding tert-OH is 1. The summed E-state index contributed by atoms with van der Waals surface area (Å²) < 4.78 is 0. The van der Waals surface area contributed by atoms with E-state index in [-0.39, 0.29) is 17.9 Å². The molecule has 0 saturated heterocycles. The van der Waals surface area contributed by atoms with Crippen LogP contribution in [0.5, 0.6) is 0 Å². The summed E-state index contributed by atoms with van der Waals surface area (Å²) in [6.07, 6.45) is 3.91. The fourth-order valence-electron chi connectivity index (χ4n) is 3.09. The largest absolute Gasteiger partial charge is 0.396 e. The normalized spacial score (nSPS) is 19.6. The molecule has 1 fully saturated rings. The number of fused-ring (bicyclic) bond motifs is 1. The molecular weight excluding hydrogens is 240 g/mol. The van der Waals surface area contributed by atoms with Gasteiger partial charge in [0.15, 0.2) is 0 Å². The molecule has 0 atom stereocenters. The first-order valence-electron chi connectivity index (χ1n) is 6.87. The fourth-order valence-corrected chi connectivity index (χ4v) is 3.09. The van der Waals surface area contributed by atoms with Gasteiger partial charge >= 0.3 is 0 Å². The number of aliphatic hydroxyl groups is 1. The highest BCUT2D eigenvalue weighted by molar-refractivity contribution is 5.99. The van der Waals surface area contributed by atoms with E-state index >= 15 is 0 Å². The maximum absolute atomic E-state index is 11.4. The molecule has 102 valence electrons. The van der Waals surface area contributed by atoms with Crippen molar-refractivity contribution in [2.24, 2.45) is 5.41 Å². The van der Waals surface area contributed by atoms with Crippen molar-refractivity contribution in [3.05, 3.63) is 23.8 Å². The van der Waals surface area contributed by atoms with E-state index in [9.17, 15) is 9.90 Å². The van der Waals surface area contributed by atoms with E-state index < -0.39 is 0 Å². The highest BCUT2D eigenvalue weighted by Crippen LogP contribution is 2.41. The van der Waals surface area contributed by atoms with Crippen molar-refractivity contribution in [2.45, 2.75) is 25.7 Å². The predicted octanol–water partition coefficient (Wildman–Crippen LogP) is 1.78. The number of hydrogen-bond donors (Lipinski definition) is 2. The topological polar surface area (TPSA) is 52.6 Å².